The molecule has 0 aromatic rings. The number of nitrogens with one attached hydrogen (secondary N) is 3. The second kappa shape index (κ2) is 16.4. The molecule has 230 valence electrons. The van der Waals surface area contributed by atoms with E-state index in [-0.39, 0.29) is 25.3 Å². The SMILES string of the molecule is C=CCC1OC(=O)CCNC(=O)[C@H](C)N(C)C(=O)[C@H](CCSC)NC(=O)[C@H]([C@@H](C)CC)NC(=O)[C@@H]2CCCN2C1=O. The van der Waals surface area contributed by atoms with Gasteiger partial charge >= 0.3 is 5.97 Å². The van der Waals surface area contributed by atoms with Crippen molar-refractivity contribution in [3.05, 3.63) is 12.7 Å². The highest BCUT2D eigenvalue weighted by molar-refractivity contribution is 7.98. The van der Waals surface area contributed by atoms with Crippen molar-refractivity contribution >= 4 is 47.3 Å². The molecule has 5 amide bonds. The maximum atomic E-state index is 13.6. The summed E-state index contributed by atoms with van der Waals surface area (Å²) < 4.78 is 5.44. The van der Waals surface area contributed by atoms with Gasteiger partial charge in [0.15, 0.2) is 6.10 Å². The van der Waals surface area contributed by atoms with Gasteiger partial charge in [-0.1, -0.05) is 26.3 Å². The average molecular weight is 596 g/mol. The molecule has 2 aliphatic rings. The Morgan fingerprint density at radius 1 is 1.10 bits per heavy atom. The number of rotatable bonds is 7. The van der Waals surface area contributed by atoms with Gasteiger partial charge in [-0.25, -0.2) is 0 Å². The van der Waals surface area contributed by atoms with Gasteiger partial charge in [0.2, 0.25) is 23.6 Å². The molecular formula is C28H45N5O7S. The third kappa shape index (κ3) is 9.20. The van der Waals surface area contributed by atoms with E-state index in [0.29, 0.717) is 38.0 Å². The number of thioether (sulfide) groups is 1. The summed E-state index contributed by atoms with van der Waals surface area (Å²) in [6.45, 7) is 9.16. The molecule has 0 aromatic carbocycles. The van der Waals surface area contributed by atoms with Crippen LogP contribution in [-0.4, -0.2) is 108 Å². The van der Waals surface area contributed by atoms with E-state index in [9.17, 15) is 28.8 Å². The zero-order chi connectivity index (χ0) is 30.7. The van der Waals surface area contributed by atoms with Crippen molar-refractivity contribution in [2.75, 3.05) is 32.1 Å². The fraction of sp³-hybridized carbons (Fsp3) is 0.714. The van der Waals surface area contributed by atoms with Gasteiger partial charge in [0.25, 0.3) is 5.91 Å². The zero-order valence-electron chi connectivity index (χ0n) is 24.8. The zero-order valence-corrected chi connectivity index (χ0v) is 25.6. The van der Waals surface area contributed by atoms with Gasteiger partial charge in [0.1, 0.15) is 24.2 Å². The van der Waals surface area contributed by atoms with Crippen LogP contribution in [0.3, 0.4) is 0 Å². The van der Waals surface area contributed by atoms with E-state index < -0.39 is 65.8 Å². The topological polar surface area (TPSA) is 154 Å². The summed E-state index contributed by atoms with van der Waals surface area (Å²) in [5.74, 6) is -2.81. The third-order valence-electron chi connectivity index (χ3n) is 7.72. The van der Waals surface area contributed by atoms with E-state index in [1.165, 1.54) is 34.7 Å². The first-order valence-electron chi connectivity index (χ1n) is 14.2. The van der Waals surface area contributed by atoms with Crippen LogP contribution in [0.1, 0.15) is 59.3 Å². The summed E-state index contributed by atoms with van der Waals surface area (Å²) in [6, 6.07) is -3.60. The van der Waals surface area contributed by atoms with Crippen LogP contribution in [0.5, 0.6) is 0 Å². The van der Waals surface area contributed by atoms with E-state index in [2.05, 4.69) is 22.5 Å². The van der Waals surface area contributed by atoms with Gasteiger partial charge in [-0.3, -0.25) is 28.8 Å². The summed E-state index contributed by atoms with van der Waals surface area (Å²) >= 11 is 1.52. The number of hydrogen-bond donors (Lipinski definition) is 3. The number of nitrogens with zero attached hydrogens (tertiary/aromatic N) is 2. The molecule has 0 aromatic heterocycles. The largest absolute Gasteiger partial charge is 0.452 e. The molecule has 0 saturated carbocycles. The van der Waals surface area contributed by atoms with Crippen molar-refractivity contribution in [3.63, 3.8) is 0 Å². The van der Waals surface area contributed by atoms with Crippen molar-refractivity contribution < 1.29 is 33.5 Å². The van der Waals surface area contributed by atoms with Crippen LogP contribution in [0.25, 0.3) is 0 Å². The lowest BCUT2D eigenvalue weighted by molar-refractivity contribution is -0.161. The number of amides is 5. The maximum absolute atomic E-state index is 13.6. The van der Waals surface area contributed by atoms with Crippen LogP contribution < -0.4 is 16.0 Å². The molecule has 2 aliphatic heterocycles. The average Bonchev–Trinajstić information content (AvgIpc) is 3.45. The molecule has 0 spiro atoms. The summed E-state index contributed by atoms with van der Waals surface area (Å²) in [5, 5.41) is 8.28. The van der Waals surface area contributed by atoms with Gasteiger partial charge < -0.3 is 30.5 Å². The molecule has 0 bridgehead atoms. The number of hydrogen-bond acceptors (Lipinski definition) is 8. The molecule has 13 heteroatoms. The quantitative estimate of drug-likeness (QED) is 0.286. The monoisotopic (exact) mass is 595 g/mol. The predicted octanol–water partition coefficient (Wildman–Crippen LogP) is 0.601. The molecule has 0 radical (unpaired) electrons. The summed E-state index contributed by atoms with van der Waals surface area (Å²) in [7, 11) is 1.48. The molecule has 2 rings (SSSR count). The fourth-order valence-corrected chi connectivity index (χ4v) is 5.28. The molecule has 6 atom stereocenters. The number of cyclic esters (lactones) is 1. The first-order valence-corrected chi connectivity index (χ1v) is 15.6. The van der Waals surface area contributed by atoms with Crippen molar-refractivity contribution in [3.8, 4) is 0 Å². The van der Waals surface area contributed by atoms with Gasteiger partial charge in [0, 0.05) is 26.6 Å². The highest BCUT2D eigenvalue weighted by Gasteiger charge is 2.40. The number of carbonyl (C=O) groups is 6. The number of ether oxygens (including phenoxy) is 1. The van der Waals surface area contributed by atoms with Gasteiger partial charge in [-0.15, -0.1) is 6.58 Å². The molecule has 41 heavy (non-hydrogen) atoms. The van der Waals surface area contributed by atoms with Crippen LogP contribution in [0, 0.1) is 5.92 Å². The summed E-state index contributed by atoms with van der Waals surface area (Å²) in [6.07, 6.45) is 3.91. The van der Waals surface area contributed by atoms with Gasteiger partial charge in [-0.2, -0.15) is 11.8 Å². The second-order valence-corrected chi connectivity index (χ2v) is 11.6. The minimum absolute atomic E-state index is 0.0566. The Kier molecular flexibility index (Phi) is 13.6. The van der Waals surface area contributed by atoms with Crippen LogP contribution in [0.15, 0.2) is 12.7 Å². The molecule has 2 heterocycles. The lowest BCUT2D eigenvalue weighted by Crippen LogP contribution is -2.59. The molecular weight excluding hydrogens is 550 g/mol. The van der Waals surface area contributed by atoms with Crippen molar-refractivity contribution in [2.24, 2.45) is 5.92 Å². The van der Waals surface area contributed by atoms with Gasteiger partial charge in [0.05, 0.1) is 6.42 Å². The Morgan fingerprint density at radius 3 is 2.44 bits per heavy atom. The molecule has 12 nitrogen and oxygen atoms in total. The Bertz CT molecular complexity index is 993. The highest BCUT2D eigenvalue weighted by atomic mass is 32.2. The van der Waals surface area contributed by atoms with Crippen LogP contribution in [-0.2, 0) is 33.5 Å². The summed E-state index contributed by atoms with van der Waals surface area (Å²) in [5.41, 5.74) is 0. The standard InChI is InChI=1S/C28H45N5O7S/c1-7-10-21-28(39)33-15-9-11-20(33)25(36)31-23(17(3)8-2)26(37)30-19(13-16-41-6)27(38)32(5)18(4)24(35)29-14-12-22(34)40-21/h7,17-21,23H,1,8-16H2,2-6H3,(H,29,35)(H,30,37)(H,31,36)/t17-,18-,19-,20-,21?,23-/m0/s1. The lowest BCUT2D eigenvalue weighted by atomic mass is 9.97. The Hall–Kier alpha value is -3.09. The number of likely N-dealkylation sites (N-methyl/N-ethyl adjacent to an activating group) is 1. The van der Waals surface area contributed by atoms with E-state index in [4.69, 9.17) is 4.74 Å². The molecule has 0 aliphatic carbocycles. The molecule has 3 N–H and O–H groups in total. The molecule has 2 saturated heterocycles. The first kappa shape index (κ1) is 34.1. The van der Waals surface area contributed by atoms with E-state index >= 15 is 0 Å². The Balaban J connectivity index is 2.46. The van der Waals surface area contributed by atoms with E-state index in [0.717, 1.165) is 0 Å². The lowest BCUT2D eigenvalue weighted by Gasteiger charge is -2.32. The third-order valence-corrected chi connectivity index (χ3v) is 8.37. The molecule has 2 fully saturated rings. The Labute approximate surface area is 246 Å². The first-order chi connectivity index (χ1) is 19.5. The minimum atomic E-state index is -1.17. The number of esters is 1. The number of carbonyl (C=O) groups excluding carboxylic acids is 6. The van der Waals surface area contributed by atoms with E-state index in [1.54, 1.807) is 6.92 Å². The smallest absolute Gasteiger partial charge is 0.308 e. The van der Waals surface area contributed by atoms with Crippen LogP contribution in [0.4, 0.5) is 0 Å². The second-order valence-electron chi connectivity index (χ2n) is 10.6. The number of fused-ring (bicyclic) bond motifs is 1. The summed E-state index contributed by atoms with van der Waals surface area (Å²) in [4.78, 5) is 81.9. The van der Waals surface area contributed by atoms with Crippen LogP contribution >= 0.6 is 11.8 Å². The minimum Gasteiger partial charge on any atom is -0.452 e. The highest BCUT2D eigenvalue weighted by Crippen LogP contribution is 2.22. The van der Waals surface area contributed by atoms with Crippen molar-refractivity contribution in [1.82, 2.24) is 25.8 Å². The molecule has 1 unspecified atom stereocenters. The van der Waals surface area contributed by atoms with Gasteiger partial charge in [-0.05, 0) is 44.1 Å². The normalized spacial score (nSPS) is 28.4. The van der Waals surface area contributed by atoms with Crippen molar-refractivity contribution in [2.45, 2.75) is 89.6 Å². The maximum Gasteiger partial charge on any atom is 0.308 e. The van der Waals surface area contributed by atoms with Crippen LogP contribution in [0.2, 0.25) is 0 Å². The van der Waals surface area contributed by atoms with Crippen molar-refractivity contribution in [1.29, 1.82) is 0 Å². The predicted molar refractivity (Wildman–Crippen MR) is 156 cm³/mol. The Morgan fingerprint density at radius 2 is 1.80 bits per heavy atom. The fourth-order valence-electron chi connectivity index (χ4n) is 4.81. The van der Waals surface area contributed by atoms with E-state index in [1.807, 2.05) is 20.1 Å².